The maximum Gasteiger partial charge on any atom is 0.125 e. The van der Waals surface area contributed by atoms with Crippen LogP contribution in [0.2, 0.25) is 0 Å². The fourth-order valence-electron chi connectivity index (χ4n) is 3.16. The molecule has 2 aromatic rings. The van der Waals surface area contributed by atoms with Crippen LogP contribution in [0, 0.1) is 13.8 Å². The van der Waals surface area contributed by atoms with Gasteiger partial charge in [-0.1, -0.05) is 20.8 Å². The van der Waals surface area contributed by atoms with Crippen LogP contribution in [0.3, 0.4) is 0 Å². The van der Waals surface area contributed by atoms with Gasteiger partial charge in [0.15, 0.2) is 0 Å². The summed E-state index contributed by atoms with van der Waals surface area (Å²) >= 11 is 0. The Bertz CT molecular complexity index is 697. The molecule has 0 radical (unpaired) electrons. The van der Waals surface area contributed by atoms with Crippen LogP contribution in [0.1, 0.15) is 73.8 Å². The fraction of sp³-hybridized carbons (Fsp3) is 0.579. The first-order valence-corrected chi connectivity index (χ1v) is 8.50. The van der Waals surface area contributed by atoms with E-state index in [0.29, 0.717) is 6.04 Å². The highest BCUT2D eigenvalue weighted by atomic mass is 16.3. The largest absolute Gasteiger partial charge is 0.465 e. The highest BCUT2D eigenvalue weighted by Crippen LogP contribution is 2.30. The number of hydrogen-bond acceptors (Lipinski definition) is 4. The second kappa shape index (κ2) is 6.08. The number of aryl methyl sites for hydroxylation is 3. The third-order valence-electron chi connectivity index (χ3n) is 4.60. The lowest BCUT2D eigenvalue weighted by atomic mass is 9.91. The van der Waals surface area contributed by atoms with E-state index in [-0.39, 0.29) is 5.41 Å². The average molecular weight is 313 g/mol. The molecule has 2 aromatic heterocycles. The van der Waals surface area contributed by atoms with Crippen molar-refractivity contribution in [3.05, 3.63) is 46.4 Å². The summed E-state index contributed by atoms with van der Waals surface area (Å²) in [6.07, 6.45) is 5.38. The number of hydrogen-bond donors (Lipinski definition) is 1. The Morgan fingerprint density at radius 3 is 2.78 bits per heavy atom. The third kappa shape index (κ3) is 3.47. The van der Waals surface area contributed by atoms with Crippen LogP contribution in [-0.2, 0) is 18.4 Å². The number of aromatic nitrogens is 2. The second-order valence-electron chi connectivity index (χ2n) is 7.59. The molecule has 0 spiro atoms. The van der Waals surface area contributed by atoms with Crippen molar-refractivity contribution in [1.29, 1.82) is 0 Å². The Morgan fingerprint density at radius 1 is 1.30 bits per heavy atom. The van der Waals surface area contributed by atoms with E-state index < -0.39 is 0 Å². The van der Waals surface area contributed by atoms with E-state index >= 15 is 0 Å². The van der Waals surface area contributed by atoms with Gasteiger partial charge in [-0.25, -0.2) is 9.97 Å². The van der Waals surface area contributed by atoms with Crippen LogP contribution >= 0.6 is 0 Å². The molecule has 0 bridgehead atoms. The molecule has 23 heavy (non-hydrogen) atoms. The van der Waals surface area contributed by atoms with Crippen molar-refractivity contribution in [2.45, 2.75) is 71.9 Å². The maximum absolute atomic E-state index is 5.94. The summed E-state index contributed by atoms with van der Waals surface area (Å²) in [5, 5.41) is 3.68. The minimum Gasteiger partial charge on any atom is -0.465 e. The smallest absolute Gasteiger partial charge is 0.125 e. The first-order chi connectivity index (χ1) is 10.8. The van der Waals surface area contributed by atoms with Gasteiger partial charge in [0.2, 0.25) is 0 Å². The molecular weight excluding hydrogens is 286 g/mol. The van der Waals surface area contributed by atoms with Crippen molar-refractivity contribution in [3.63, 3.8) is 0 Å². The van der Waals surface area contributed by atoms with E-state index in [0.717, 1.165) is 36.7 Å². The summed E-state index contributed by atoms with van der Waals surface area (Å²) in [6, 6.07) is 2.53. The predicted octanol–water partition coefficient (Wildman–Crippen LogP) is 4.15. The molecule has 3 rings (SSSR count). The minimum atomic E-state index is 0.0474. The lowest BCUT2D eigenvalue weighted by Gasteiger charge is -2.25. The summed E-state index contributed by atoms with van der Waals surface area (Å²) in [4.78, 5) is 8.99. The van der Waals surface area contributed by atoms with E-state index in [1.165, 1.54) is 23.2 Å². The number of fused-ring (bicyclic) bond motifs is 1. The highest BCUT2D eigenvalue weighted by Gasteiger charge is 2.23. The lowest BCUT2D eigenvalue weighted by molar-refractivity contribution is 0.393. The van der Waals surface area contributed by atoms with E-state index in [4.69, 9.17) is 4.42 Å². The predicted molar refractivity (Wildman–Crippen MR) is 91.4 cm³/mol. The van der Waals surface area contributed by atoms with Gasteiger partial charge in [0.1, 0.15) is 17.3 Å². The molecule has 4 nitrogen and oxygen atoms in total. The molecule has 2 heterocycles. The average Bonchev–Trinajstić information content (AvgIpc) is 2.86. The summed E-state index contributed by atoms with van der Waals surface area (Å²) in [5.74, 6) is 2.93. The van der Waals surface area contributed by atoms with E-state index in [1.807, 2.05) is 20.0 Å². The van der Waals surface area contributed by atoms with Crippen LogP contribution in [0.15, 0.2) is 16.7 Å². The number of rotatable bonds is 3. The van der Waals surface area contributed by atoms with Gasteiger partial charge in [0.05, 0.1) is 0 Å². The molecule has 0 aliphatic heterocycles. The van der Waals surface area contributed by atoms with Gasteiger partial charge >= 0.3 is 0 Å². The van der Waals surface area contributed by atoms with E-state index in [1.54, 1.807) is 0 Å². The molecule has 0 aromatic carbocycles. The normalized spacial score (nSPS) is 18.0. The molecule has 1 unspecified atom stereocenters. The van der Waals surface area contributed by atoms with Gasteiger partial charge in [-0.15, -0.1) is 0 Å². The molecule has 0 amide bonds. The van der Waals surface area contributed by atoms with Gasteiger partial charge < -0.3 is 9.73 Å². The first kappa shape index (κ1) is 16.2. The van der Waals surface area contributed by atoms with Gasteiger partial charge in [-0.2, -0.15) is 0 Å². The Hall–Kier alpha value is -1.68. The van der Waals surface area contributed by atoms with Crippen molar-refractivity contribution >= 4 is 0 Å². The molecule has 4 heteroatoms. The molecular formula is C19H27N3O. The van der Waals surface area contributed by atoms with Crippen LogP contribution in [-0.4, -0.2) is 9.97 Å². The van der Waals surface area contributed by atoms with Crippen molar-refractivity contribution in [2.24, 2.45) is 0 Å². The summed E-state index contributed by atoms with van der Waals surface area (Å²) in [6.45, 7) is 11.4. The number of furan rings is 1. The lowest BCUT2D eigenvalue weighted by Crippen LogP contribution is -2.26. The van der Waals surface area contributed by atoms with Crippen molar-refractivity contribution in [1.82, 2.24) is 15.3 Å². The highest BCUT2D eigenvalue weighted by molar-refractivity contribution is 5.27. The Labute approximate surface area is 138 Å². The second-order valence-corrected chi connectivity index (χ2v) is 7.59. The number of nitrogens with one attached hydrogen (secondary N) is 1. The maximum atomic E-state index is 5.94. The van der Waals surface area contributed by atoms with Crippen molar-refractivity contribution in [3.8, 4) is 0 Å². The summed E-state index contributed by atoms with van der Waals surface area (Å²) < 4.78 is 5.94. The van der Waals surface area contributed by atoms with E-state index in [9.17, 15) is 0 Å². The molecule has 0 fully saturated rings. The van der Waals surface area contributed by atoms with Gasteiger partial charge in [0, 0.05) is 41.0 Å². The van der Waals surface area contributed by atoms with Crippen molar-refractivity contribution in [2.75, 3.05) is 0 Å². The Kier molecular flexibility index (Phi) is 4.28. The fourth-order valence-corrected chi connectivity index (χ4v) is 3.16. The van der Waals surface area contributed by atoms with Gasteiger partial charge in [-0.3, -0.25) is 0 Å². The van der Waals surface area contributed by atoms with Crippen LogP contribution in [0.4, 0.5) is 0 Å². The zero-order valence-corrected chi connectivity index (χ0v) is 14.9. The molecule has 0 saturated carbocycles. The molecule has 1 atom stereocenters. The molecule has 124 valence electrons. The number of nitrogens with zero attached hydrogens (tertiary/aromatic N) is 2. The zero-order chi connectivity index (χ0) is 16.6. The van der Waals surface area contributed by atoms with Crippen LogP contribution < -0.4 is 5.32 Å². The third-order valence-corrected chi connectivity index (χ3v) is 4.60. The monoisotopic (exact) mass is 313 g/mol. The summed E-state index contributed by atoms with van der Waals surface area (Å²) in [5.41, 5.74) is 3.76. The summed E-state index contributed by atoms with van der Waals surface area (Å²) in [7, 11) is 0. The molecule has 1 aliphatic carbocycles. The van der Waals surface area contributed by atoms with Gasteiger partial charge in [0.25, 0.3) is 0 Å². The molecule has 1 aliphatic rings. The topological polar surface area (TPSA) is 51.0 Å². The van der Waals surface area contributed by atoms with Crippen LogP contribution in [0.5, 0.6) is 0 Å². The molecule has 1 N–H and O–H groups in total. The van der Waals surface area contributed by atoms with Gasteiger partial charge in [-0.05, 0) is 39.2 Å². The minimum absolute atomic E-state index is 0.0474. The quantitative estimate of drug-likeness (QED) is 0.925. The van der Waals surface area contributed by atoms with Crippen molar-refractivity contribution < 1.29 is 4.42 Å². The standard InChI is InChI=1S/C19H27N3O/c1-12-14(9-18(23-12)19(3,4)5)10-21-16-7-6-8-17-15(16)11-20-13(2)22-17/h9,11,16,21H,6-8,10H2,1-5H3. The van der Waals surface area contributed by atoms with Crippen LogP contribution in [0.25, 0.3) is 0 Å². The zero-order valence-electron chi connectivity index (χ0n) is 14.9. The van der Waals surface area contributed by atoms with E-state index in [2.05, 4.69) is 42.1 Å². The Balaban J connectivity index is 1.74. The Morgan fingerprint density at radius 2 is 2.09 bits per heavy atom. The first-order valence-electron chi connectivity index (χ1n) is 8.50. The SMILES string of the molecule is Cc1ncc2c(n1)CCCC2NCc1cc(C(C)(C)C)oc1C. The molecule has 0 saturated heterocycles.